The first-order chi connectivity index (χ1) is 8.04. The highest BCUT2D eigenvalue weighted by Gasteiger charge is 2.34. The SMILES string of the molecule is CC(C)OCCCNC(=O)C1(N)CCCCC1.Cl. The number of nitrogens with one attached hydrogen (secondary N) is 1. The van der Waals surface area contributed by atoms with Gasteiger partial charge in [-0.3, -0.25) is 4.79 Å². The van der Waals surface area contributed by atoms with Crippen LogP contribution in [0, 0.1) is 0 Å². The summed E-state index contributed by atoms with van der Waals surface area (Å²) in [4.78, 5) is 11.9. The Kier molecular flexibility index (Phi) is 8.57. The molecule has 5 heteroatoms. The van der Waals surface area contributed by atoms with Crippen LogP contribution in [0.1, 0.15) is 52.4 Å². The maximum absolute atomic E-state index is 11.9. The molecule has 0 saturated heterocycles. The lowest BCUT2D eigenvalue weighted by atomic mass is 9.82. The van der Waals surface area contributed by atoms with Crippen molar-refractivity contribution < 1.29 is 9.53 Å². The lowest BCUT2D eigenvalue weighted by molar-refractivity contribution is -0.127. The Morgan fingerprint density at radius 1 is 1.33 bits per heavy atom. The van der Waals surface area contributed by atoms with Crippen LogP contribution in [0.4, 0.5) is 0 Å². The molecule has 108 valence electrons. The summed E-state index contributed by atoms with van der Waals surface area (Å²) in [6.07, 6.45) is 6.09. The van der Waals surface area contributed by atoms with Crippen molar-refractivity contribution in [1.82, 2.24) is 5.32 Å². The molecule has 1 aliphatic carbocycles. The molecule has 0 aromatic carbocycles. The number of carbonyl (C=O) groups is 1. The third-order valence-corrected chi connectivity index (χ3v) is 3.26. The van der Waals surface area contributed by atoms with Gasteiger partial charge in [0, 0.05) is 13.2 Å². The van der Waals surface area contributed by atoms with Gasteiger partial charge in [-0.1, -0.05) is 19.3 Å². The van der Waals surface area contributed by atoms with E-state index in [-0.39, 0.29) is 24.4 Å². The molecule has 0 unspecified atom stereocenters. The first-order valence-corrected chi connectivity index (χ1v) is 6.73. The summed E-state index contributed by atoms with van der Waals surface area (Å²) in [7, 11) is 0. The number of amides is 1. The number of hydrogen-bond donors (Lipinski definition) is 2. The number of rotatable bonds is 6. The zero-order chi connectivity index (χ0) is 12.7. The maximum Gasteiger partial charge on any atom is 0.240 e. The van der Waals surface area contributed by atoms with Crippen molar-refractivity contribution in [3.8, 4) is 0 Å². The average Bonchev–Trinajstić information content (AvgIpc) is 2.29. The Labute approximate surface area is 116 Å². The molecule has 0 aromatic heterocycles. The molecule has 0 heterocycles. The molecule has 0 radical (unpaired) electrons. The standard InChI is InChI=1S/C13H26N2O2.ClH/c1-11(2)17-10-6-9-15-12(16)13(14)7-4-3-5-8-13;/h11H,3-10,14H2,1-2H3,(H,15,16);1H. The van der Waals surface area contributed by atoms with Crippen molar-refractivity contribution in [2.75, 3.05) is 13.2 Å². The summed E-state index contributed by atoms with van der Waals surface area (Å²) >= 11 is 0. The van der Waals surface area contributed by atoms with Crippen molar-refractivity contribution in [2.24, 2.45) is 5.73 Å². The lowest BCUT2D eigenvalue weighted by Crippen LogP contribution is -2.55. The lowest BCUT2D eigenvalue weighted by Gasteiger charge is -2.31. The fourth-order valence-corrected chi connectivity index (χ4v) is 2.18. The minimum Gasteiger partial charge on any atom is -0.379 e. The highest BCUT2D eigenvalue weighted by molar-refractivity contribution is 5.86. The molecule has 18 heavy (non-hydrogen) atoms. The summed E-state index contributed by atoms with van der Waals surface area (Å²) in [6, 6.07) is 0. The average molecular weight is 279 g/mol. The minimum atomic E-state index is -0.614. The molecule has 4 nitrogen and oxygen atoms in total. The summed E-state index contributed by atoms with van der Waals surface area (Å²) in [5, 5.41) is 2.92. The van der Waals surface area contributed by atoms with E-state index in [1.165, 1.54) is 6.42 Å². The Morgan fingerprint density at radius 3 is 2.50 bits per heavy atom. The van der Waals surface area contributed by atoms with Crippen molar-refractivity contribution in [2.45, 2.75) is 64.0 Å². The molecule has 0 atom stereocenters. The fraction of sp³-hybridized carbons (Fsp3) is 0.923. The second-order valence-electron chi connectivity index (χ2n) is 5.25. The minimum absolute atomic E-state index is 0. The van der Waals surface area contributed by atoms with Gasteiger partial charge in [-0.15, -0.1) is 12.4 Å². The van der Waals surface area contributed by atoms with Gasteiger partial charge in [0.2, 0.25) is 5.91 Å². The molecular weight excluding hydrogens is 252 g/mol. The molecule has 1 fully saturated rings. The molecular formula is C13H27ClN2O2. The van der Waals surface area contributed by atoms with Crippen molar-refractivity contribution in [3.63, 3.8) is 0 Å². The van der Waals surface area contributed by atoms with Gasteiger partial charge in [0.15, 0.2) is 0 Å². The molecule has 0 aromatic rings. The first kappa shape index (κ1) is 17.7. The number of nitrogens with two attached hydrogens (primary N) is 1. The van der Waals surface area contributed by atoms with E-state index in [0.29, 0.717) is 13.2 Å². The van der Waals surface area contributed by atoms with E-state index in [9.17, 15) is 4.79 Å². The highest BCUT2D eigenvalue weighted by Crippen LogP contribution is 2.25. The quantitative estimate of drug-likeness (QED) is 0.731. The molecule has 0 bridgehead atoms. The van der Waals surface area contributed by atoms with Gasteiger partial charge < -0.3 is 15.8 Å². The molecule has 3 N–H and O–H groups in total. The van der Waals surface area contributed by atoms with Gasteiger partial charge in [-0.05, 0) is 33.1 Å². The van der Waals surface area contributed by atoms with E-state index < -0.39 is 5.54 Å². The predicted octanol–water partition coefficient (Wildman–Crippen LogP) is 2.00. The van der Waals surface area contributed by atoms with Gasteiger partial charge in [-0.2, -0.15) is 0 Å². The monoisotopic (exact) mass is 278 g/mol. The van der Waals surface area contributed by atoms with E-state index >= 15 is 0 Å². The van der Waals surface area contributed by atoms with E-state index in [2.05, 4.69) is 5.32 Å². The van der Waals surface area contributed by atoms with Crippen LogP contribution in [0.5, 0.6) is 0 Å². The van der Waals surface area contributed by atoms with Crippen LogP contribution >= 0.6 is 12.4 Å². The summed E-state index contributed by atoms with van der Waals surface area (Å²) in [5.74, 6) is 0.0155. The van der Waals surface area contributed by atoms with E-state index in [4.69, 9.17) is 10.5 Å². The predicted molar refractivity (Wildman–Crippen MR) is 76.0 cm³/mol. The molecule has 1 aliphatic rings. The van der Waals surface area contributed by atoms with E-state index in [0.717, 1.165) is 32.1 Å². The van der Waals surface area contributed by atoms with Crippen molar-refractivity contribution in [1.29, 1.82) is 0 Å². The molecule has 0 aliphatic heterocycles. The van der Waals surface area contributed by atoms with Crippen LogP contribution in [-0.4, -0.2) is 30.7 Å². The van der Waals surface area contributed by atoms with Crippen LogP contribution < -0.4 is 11.1 Å². The number of halogens is 1. The maximum atomic E-state index is 11.9. The Hall–Kier alpha value is -0.320. The van der Waals surface area contributed by atoms with Gasteiger partial charge in [0.1, 0.15) is 0 Å². The Bertz CT molecular complexity index is 241. The Morgan fingerprint density at radius 2 is 1.94 bits per heavy atom. The normalized spacial score (nSPS) is 18.2. The van der Waals surface area contributed by atoms with Crippen LogP contribution in [0.25, 0.3) is 0 Å². The Balaban J connectivity index is 0.00000289. The van der Waals surface area contributed by atoms with Crippen molar-refractivity contribution in [3.05, 3.63) is 0 Å². The third-order valence-electron chi connectivity index (χ3n) is 3.26. The topological polar surface area (TPSA) is 64.3 Å². The largest absolute Gasteiger partial charge is 0.379 e. The fourth-order valence-electron chi connectivity index (χ4n) is 2.18. The second kappa shape index (κ2) is 8.73. The molecule has 1 rings (SSSR count). The van der Waals surface area contributed by atoms with Gasteiger partial charge in [0.25, 0.3) is 0 Å². The molecule has 0 spiro atoms. The third kappa shape index (κ3) is 6.03. The van der Waals surface area contributed by atoms with E-state index in [1.807, 2.05) is 13.8 Å². The van der Waals surface area contributed by atoms with Crippen LogP contribution in [0.15, 0.2) is 0 Å². The van der Waals surface area contributed by atoms with Crippen molar-refractivity contribution >= 4 is 18.3 Å². The van der Waals surface area contributed by atoms with Gasteiger partial charge in [-0.25, -0.2) is 0 Å². The van der Waals surface area contributed by atoms with Gasteiger partial charge in [0.05, 0.1) is 11.6 Å². The van der Waals surface area contributed by atoms with Crippen LogP contribution in [0.3, 0.4) is 0 Å². The summed E-state index contributed by atoms with van der Waals surface area (Å²) < 4.78 is 5.41. The molecule has 1 amide bonds. The summed E-state index contributed by atoms with van der Waals surface area (Å²) in [6.45, 7) is 5.37. The second-order valence-corrected chi connectivity index (χ2v) is 5.25. The number of ether oxygens (including phenoxy) is 1. The van der Waals surface area contributed by atoms with Gasteiger partial charge >= 0.3 is 0 Å². The van der Waals surface area contributed by atoms with Crippen LogP contribution in [-0.2, 0) is 9.53 Å². The zero-order valence-corrected chi connectivity index (χ0v) is 12.4. The zero-order valence-electron chi connectivity index (χ0n) is 11.5. The number of carbonyl (C=O) groups excluding carboxylic acids is 1. The summed E-state index contributed by atoms with van der Waals surface area (Å²) in [5.41, 5.74) is 5.51. The smallest absolute Gasteiger partial charge is 0.240 e. The van der Waals surface area contributed by atoms with Crippen LogP contribution in [0.2, 0.25) is 0 Å². The highest BCUT2D eigenvalue weighted by atomic mass is 35.5. The van der Waals surface area contributed by atoms with E-state index in [1.54, 1.807) is 0 Å². The molecule has 1 saturated carbocycles. The number of hydrogen-bond acceptors (Lipinski definition) is 3. The first-order valence-electron chi connectivity index (χ1n) is 6.73.